The molecule has 1 fully saturated rings. The Hall–Kier alpha value is -2.60. The fraction of sp³-hybridized carbons (Fsp3) is 0.231. The maximum absolute atomic E-state index is 12.4. The third-order valence-corrected chi connectivity index (χ3v) is 8.97. The first-order valence-corrected chi connectivity index (χ1v) is 15.1. The van der Waals surface area contributed by atoms with Crippen molar-refractivity contribution < 1.29 is 12.8 Å². The van der Waals surface area contributed by atoms with Crippen LogP contribution in [0.5, 0.6) is 0 Å². The van der Waals surface area contributed by atoms with Crippen LogP contribution < -0.4 is 10.0 Å². The van der Waals surface area contributed by atoms with Crippen LogP contribution in [0.1, 0.15) is 11.5 Å². The lowest BCUT2D eigenvalue weighted by atomic mass is 10.2. The van der Waals surface area contributed by atoms with E-state index in [0.717, 1.165) is 42.5 Å². The first kappa shape index (κ1) is 27.0. The predicted molar refractivity (Wildman–Crippen MR) is 151 cm³/mol. The van der Waals surface area contributed by atoms with Gasteiger partial charge in [-0.25, -0.2) is 13.6 Å². The van der Waals surface area contributed by atoms with Gasteiger partial charge < -0.3 is 9.32 Å². The van der Waals surface area contributed by atoms with Gasteiger partial charge in [0.2, 0.25) is 21.8 Å². The van der Waals surface area contributed by atoms with Crippen LogP contribution in [-0.2, 0) is 22.3 Å². The number of rotatable bonds is 8. The smallest absolute Gasteiger partial charge is 0.249 e. The number of piperazine rings is 1. The van der Waals surface area contributed by atoms with Crippen molar-refractivity contribution in [1.82, 2.24) is 15.1 Å². The first-order chi connectivity index (χ1) is 18.3. The van der Waals surface area contributed by atoms with Gasteiger partial charge in [0.15, 0.2) is 0 Å². The molecule has 1 aliphatic heterocycles. The average molecular weight is 591 g/mol. The molecule has 1 aromatic heterocycles. The van der Waals surface area contributed by atoms with Gasteiger partial charge in [-0.05, 0) is 42.0 Å². The molecule has 0 bridgehead atoms. The molecule has 198 valence electrons. The van der Waals surface area contributed by atoms with Crippen molar-refractivity contribution in [1.29, 1.82) is 0 Å². The Morgan fingerprint density at radius 2 is 1.66 bits per heavy atom. The molecule has 0 unspecified atom stereocenters. The highest BCUT2D eigenvalue weighted by Crippen LogP contribution is 2.37. The zero-order valence-electron chi connectivity index (χ0n) is 20.3. The van der Waals surface area contributed by atoms with Gasteiger partial charge in [-0.2, -0.15) is 0 Å². The average Bonchev–Trinajstić information content (AvgIpc) is 3.36. The highest BCUT2D eigenvalue weighted by Gasteiger charge is 2.23. The summed E-state index contributed by atoms with van der Waals surface area (Å²) >= 11 is 13.9. The number of nitrogens with two attached hydrogens (primary N) is 1. The highest BCUT2D eigenvalue weighted by molar-refractivity contribution is 7.99. The van der Waals surface area contributed by atoms with E-state index in [2.05, 4.69) is 20.0 Å². The minimum absolute atomic E-state index is 0.0316. The summed E-state index contributed by atoms with van der Waals surface area (Å²) in [4.78, 5) is 4.96. The number of benzene rings is 3. The van der Waals surface area contributed by atoms with E-state index in [4.69, 9.17) is 32.8 Å². The van der Waals surface area contributed by atoms with Crippen molar-refractivity contribution in [2.45, 2.75) is 22.1 Å². The van der Waals surface area contributed by atoms with Crippen molar-refractivity contribution in [3.8, 4) is 11.5 Å². The normalized spacial score (nSPS) is 14.7. The highest BCUT2D eigenvalue weighted by atomic mass is 35.5. The van der Waals surface area contributed by atoms with Gasteiger partial charge in [-0.15, -0.1) is 22.0 Å². The molecule has 4 aromatic rings. The van der Waals surface area contributed by atoms with E-state index in [1.807, 2.05) is 54.6 Å². The van der Waals surface area contributed by atoms with E-state index < -0.39 is 10.0 Å². The van der Waals surface area contributed by atoms with Crippen LogP contribution in [0.2, 0.25) is 10.0 Å². The molecule has 0 saturated carbocycles. The van der Waals surface area contributed by atoms with Crippen LogP contribution in [0, 0.1) is 0 Å². The molecule has 0 radical (unpaired) electrons. The molecule has 0 atom stereocenters. The number of halogens is 2. The molecule has 1 aliphatic rings. The van der Waals surface area contributed by atoms with Gasteiger partial charge in [0, 0.05) is 47.5 Å². The van der Waals surface area contributed by atoms with Gasteiger partial charge in [0.1, 0.15) is 0 Å². The Morgan fingerprint density at radius 1 is 0.947 bits per heavy atom. The second-order valence-corrected chi connectivity index (χ2v) is 12.2. The van der Waals surface area contributed by atoms with E-state index >= 15 is 0 Å². The summed E-state index contributed by atoms with van der Waals surface area (Å²) < 4.78 is 30.7. The number of thioether (sulfide) groups is 1. The number of primary sulfonamides is 1. The molecule has 2 N–H and O–H groups in total. The van der Waals surface area contributed by atoms with Gasteiger partial charge in [-0.1, -0.05) is 53.5 Å². The predicted octanol–water partition coefficient (Wildman–Crippen LogP) is 5.31. The van der Waals surface area contributed by atoms with Crippen molar-refractivity contribution in [3.63, 3.8) is 0 Å². The molecular weight excluding hydrogens is 565 g/mol. The lowest BCUT2D eigenvalue weighted by Gasteiger charge is -2.35. The standard InChI is InChI=1S/C26H25Cl2N5O3S2/c27-19-6-8-20(9-7-19)33-12-10-32(11-13-33)16-25-30-31-26(36-25)21-14-24(38(29,34)35)23(15-22(21)28)37-17-18-4-2-1-3-5-18/h1-9,14-15H,10-13,16-17H2,(H2,29,34,35). The number of hydrogen-bond acceptors (Lipinski definition) is 8. The van der Waals surface area contributed by atoms with Crippen LogP contribution in [-0.4, -0.2) is 49.7 Å². The largest absolute Gasteiger partial charge is 0.419 e. The fourth-order valence-corrected chi connectivity index (χ4v) is 6.70. The molecule has 0 amide bonds. The van der Waals surface area contributed by atoms with Crippen LogP contribution in [0.4, 0.5) is 5.69 Å². The van der Waals surface area contributed by atoms with Crippen LogP contribution in [0.25, 0.3) is 11.5 Å². The van der Waals surface area contributed by atoms with E-state index in [-0.39, 0.29) is 10.8 Å². The third kappa shape index (κ3) is 6.51. The zero-order valence-corrected chi connectivity index (χ0v) is 23.4. The van der Waals surface area contributed by atoms with Gasteiger partial charge in [-0.3, -0.25) is 4.90 Å². The number of nitrogens with zero attached hydrogens (tertiary/aromatic N) is 4. The van der Waals surface area contributed by atoms with Gasteiger partial charge in [0.05, 0.1) is 22.0 Å². The van der Waals surface area contributed by atoms with Gasteiger partial charge >= 0.3 is 0 Å². The van der Waals surface area contributed by atoms with Crippen molar-refractivity contribution in [2.75, 3.05) is 31.1 Å². The van der Waals surface area contributed by atoms with Crippen LogP contribution in [0.15, 0.2) is 80.9 Å². The topological polar surface area (TPSA) is 106 Å². The minimum atomic E-state index is -4.02. The summed E-state index contributed by atoms with van der Waals surface area (Å²) in [5.74, 6) is 1.14. The van der Waals surface area contributed by atoms with Gasteiger partial charge in [0.25, 0.3) is 0 Å². The Morgan fingerprint density at radius 3 is 2.34 bits per heavy atom. The van der Waals surface area contributed by atoms with E-state index in [0.29, 0.717) is 33.7 Å². The molecule has 8 nitrogen and oxygen atoms in total. The van der Waals surface area contributed by atoms with Crippen LogP contribution >= 0.6 is 35.0 Å². The Labute approximate surface area is 235 Å². The zero-order chi connectivity index (χ0) is 26.7. The van der Waals surface area contributed by atoms with E-state index in [1.54, 1.807) is 6.07 Å². The van der Waals surface area contributed by atoms with Crippen molar-refractivity contribution in [3.05, 3.63) is 88.2 Å². The van der Waals surface area contributed by atoms with E-state index in [1.165, 1.54) is 17.8 Å². The maximum Gasteiger partial charge on any atom is 0.249 e. The molecule has 1 saturated heterocycles. The maximum atomic E-state index is 12.4. The second kappa shape index (κ2) is 11.6. The SMILES string of the molecule is NS(=O)(=O)c1cc(-c2nnc(CN3CCN(c4ccc(Cl)cc4)CC3)o2)c(Cl)cc1SCc1ccccc1. The molecule has 0 spiro atoms. The first-order valence-electron chi connectivity index (χ1n) is 11.8. The number of anilines is 1. The quantitative estimate of drug-likeness (QED) is 0.276. The molecule has 3 aromatic carbocycles. The summed E-state index contributed by atoms with van der Waals surface area (Å²) in [6, 6.07) is 20.6. The second-order valence-electron chi connectivity index (χ2n) is 8.84. The summed E-state index contributed by atoms with van der Waals surface area (Å²) in [7, 11) is -4.02. The van der Waals surface area contributed by atoms with Crippen molar-refractivity contribution in [2.24, 2.45) is 5.14 Å². The number of sulfonamides is 1. The molecule has 2 heterocycles. The Balaban J connectivity index is 1.28. The van der Waals surface area contributed by atoms with E-state index in [9.17, 15) is 8.42 Å². The van der Waals surface area contributed by atoms with Crippen LogP contribution in [0.3, 0.4) is 0 Å². The summed E-state index contributed by atoms with van der Waals surface area (Å²) in [6.45, 7) is 3.84. The number of hydrogen-bond donors (Lipinski definition) is 1. The lowest BCUT2D eigenvalue weighted by molar-refractivity contribution is 0.227. The fourth-order valence-electron chi connectivity index (χ4n) is 4.20. The molecule has 0 aliphatic carbocycles. The molecule has 12 heteroatoms. The Kier molecular flexibility index (Phi) is 8.27. The summed E-state index contributed by atoms with van der Waals surface area (Å²) in [6.07, 6.45) is 0. The monoisotopic (exact) mass is 589 g/mol. The Bertz CT molecular complexity index is 1510. The summed E-state index contributed by atoms with van der Waals surface area (Å²) in [5, 5.41) is 14.9. The van der Waals surface area contributed by atoms with Crippen molar-refractivity contribution >= 4 is 50.7 Å². The number of aromatic nitrogens is 2. The summed E-state index contributed by atoms with van der Waals surface area (Å²) in [5.41, 5.74) is 2.51. The molecular formula is C26H25Cl2N5O3S2. The molecule has 38 heavy (non-hydrogen) atoms. The lowest BCUT2D eigenvalue weighted by Crippen LogP contribution is -2.46. The third-order valence-electron chi connectivity index (χ3n) is 6.20. The minimum Gasteiger partial charge on any atom is -0.419 e. The molecule has 5 rings (SSSR count).